The molecule has 0 fully saturated rings. The second kappa shape index (κ2) is 8.18. The van der Waals surface area contributed by atoms with E-state index >= 15 is 0 Å². The summed E-state index contributed by atoms with van der Waals surface area (Å²) in [5, 5.41) is 2.58. The molecule has 0 spiro atoms. The molecule has 1 heterocycles. The lowest BCUT2D eigenvalue weighted by atomic mass is 10.2. The number of anilines is 2. The van der Waals surface area contributed by atoms with Crippen molar-refractivity contribution in [3.05, 3.63) is 84.4 Å². The van der Waals surface area contributed by atoms with Crippen molar-refractivity contribution in [2.75, 3.05) is 16.2 Å². The number of hydrogen-bond donors (Lipinski definition) is 1. The molecule has 0 saturated heterocycles. The number of pyridine rings is 1. The summed E-state index contributed by atoms with van der Waals surface area (Å²) < 4.78 is 40.3. The Morgan fingerprint density at radius 3 is 2.36 bits per heavy atom. The van der Waals surface area contributed by atoms with Gasteiger partial charge in [-0.25, -0.2) is 12.8 Å². The van der Waals surface area contributed by atoms with E-state index in [9.17, 15) is 17.6 Å². The summed E-state index contributed by atoms with van der Waals surface area (Å²) in [6, 6.07) is 14.9. The first-order valence-corrected chi connectivity index (χ1v) is 9.85. The molecular weight excluding hydrogens is 381 g/mol. The van der Waals surface area contributed by atoms with Crippen LogP contribution in [0, 0.1) is 12.7 Å². The summed E-state index contributed by atoms with van der Waals surface area (Å²) in [6.45, 7) is 1.43. The summed E-state index contributed by atoms with van der Waals surface area (Å²) in [5.41, 5.74) is 1.68. The minimum atomic E-state index is -4.01. The van der Waals surface area contributed by atoms with Gasteiger partial charge in [-0.3, -0.25) is 14.1 Å². The van der Waals surface area contributed by atoms with E-state index in [1.807, 2.05) is 6.92 Å². The van der Waals surface area contributed by atoms with Crippen LogP contribution in [-0.4, -0.2) is 25.9 Å². The fraction of sp³-hybridized carbons (Fsp3) is 0.100. The van der Waals surface area contributed by atoms with E-state index < -0.39 is 28.3 Å². The van der Waals surface area contributed by atoms with Crippen LogP contribution < -0.4 is 9.62 Å². The summed E-state index contributed by atoms with van der Waals surface area (Å²) in [4.78, 5) is 16.3. The number of amides is 1. The second-order valence-corrected chi connectivity index (χ2v) is 7.95. The van der Waals surface area contributed by atoms with Gasteiger partial charge in [0.1, 0.15) is 17.3 Å². The second-order valence-electron chi connectivity index (χ2n) is 6.09. The van der Waals surface area contributed by atoms with Crippen LogP contribution >= 0.6 is 0 Å². The Hall–Kier alpha value is -3.26. The number of aromatic nitrogens is 1. The lowest BCUT2D eigenvalue weighted by molar-refractivity contribution is -0.114. The maximum Gasteiger partial charge on any atom is 0.266 e. The Labute approximate surface area is 162 Å². The molecule has 0 aliphatic carbocycles. The van der Waals surface area contributed by atoms with Gasteiger partial charge in [-0.1, -0.05) is 17.7 Å². The Morgan fingerprint density at radius 2 is 1.75 bits per heavy atom. The number of nitrogens with zero attached hydrogens (tertiary/aromatic N) is 2. The molecule has 0 aliphatic rings. The molecule has 8 heteroatoms. The molecule has 0 atom stereocenters. The molecule has 0 bridgehead atoms. The van der Waals surface area contributed by atoms with E-state index in [4.69, 9.17) is 0 Å². The van der Waals surface area contributed by atoms with E-state index in [-0.39, 0.29) is 4.90 Å². The number of nitrogens with one attached hydrogen (secondary N) is 1. The molecule has 0 saturated carbocycles. The summed E-state index contributed by atoms with van der Waals surface area (Å²) in [5.74, 6) is -0.988. The molecule has 0 radical (unpaired) electrons. The molecule has 3 rings (SSSR count). The average molecular weight is 399 g/mol. The summed E-state index contributed by atoms with van der Waals surface area (Å²) in [6.07, 6.45) is 2.70. The lowest BCUT2D eigenvalue weighted by Crippen LogP contribution is -2.38. The Bertz CT molecular complexity index is 1050. The maximum absolute atomic E-state index is 13.1. The van der Waals surface area contributed by atoms with Crippen LogP contribution in [0.3, 0.4) is 0 Å². The standard InChI is InChI=1S/C20H18FN3O3S/c1-15-4-10-18(11-5-15)24(28(26,27)19-3-2-12-22-13-19)14-20(25)23-17-8-6-16(21)7-9-17/h2-13H,14H2,1H3,(H,23,25). The maximum atomic E-state index is 13.1. The molecule has 1 amide bonds. The normalized spacial score (nSPS) is 11.1. The van der Waals surface area contributed by atoms with Gasteiger partial charge >= 0.3 is 0 Å². The number of rotatable bonds is 6. The van der Waals surface area contributed by atoms with Gasteiger partial charge in [0.25, 0.3) is 10.0 Å². The molecule has 0 unspecified atom stereocenters. The fourth-order valence-corrected chi connectivity index (χ4v) is 3.90. The van der Waals surface area contributed by atoms with Gasteiger partial charge in [0.2, 0.25) is 5.91 Å². The number of carbonyl (C=O) groups excluding carboxylic acids is 1. The molecule has 0 aliphatic heterocycles. The quantitative estimate of drug-likeness (QED) is 0.689. The Morgan fingerprint density at radius 1 is 1.07 bits per heavy atom. The predicted octanol–water partition coefficient (Wildman–Crippen LogP) is 3.36. The van der Waals surface area contributed by atoms with E-state index in [1.54, 1.807) is 24.3 Å². The van der Waals surface area contributed by atoms with Gasteiger partial charge in [-0.15, -0.1) is 0 Å². The van der Waals surface area contributed by atoms with Gasteiger partial charge < -0.3 is 5.32 Å². The van der Waals surface area contributed by atoms with E-state index in [1.165, 1.54) is 48.8 Å². The van der Waals surface area contributed by atoms with E-state index in [0.717, 1.165) is 9.87 Å². The lowest BCUT2D eigenvalue weighted by Gasteiger charge is -2.24. The van der Waals surface area contributed by atoms with Crippen molar-refractivity contribution in [3.8, 4) is 0 Å². The Kier molecular flexibility index (Phi) is 5.70. The summed E-state index contributed by atoms with van der Waals surface area (Å²) in [7, 11) is -4.01. The van der Waals surface area contributed by atoms with Crippen LogP contribution in [0.2, 0.25) is 0 Å². The number of hydrogen-bond acceptors (Lipinski definition) is 4. The van der Waals surface area contributed by atoms with Gasteiger partial charge in [0.15, 0.2) is 0 Å². The van der Waals surface area contributed by atoms with E-state index in [0.29, 0.717) is 11.4 Å². The average Bonchev–Trinajstić information content (AvgIpc) is 2.69. The zero-order valence-electron chi connectivity index (χ0n) is 15.0. The van der Waals surface area contributed by atoms with Crippen molar-refractivity contribution >= 4 is 27.3 Å². The number of halogens is 1. The van der Waals surface area contributed by atoms with Crippen LogP contribution in [0.15, 0.2) is 78.0 Å². The van der Waals surface area contributed by atoms with Crippen LogP contribution in [-0.2, 0) is 14.8 Å². The Balaban J connectivity index is 1.91. The molecule has 3 aromatic rings. The van der Waals surface area contributed by atoms with E-state index in [2.05, 4.69) is 10.3 Å². The van der Waals surface area contributed by atoms with Gasteiger partial charge in [-0.2, -0.15) is 0 Å². The van der Waals surface area contributed by atoms with Crippen molar-refractivity contribution in [1.82, 2.24) is 4.98 Å². The number of sulfonamides is 1. The minimum absolute atomic E-state index is 0.0230. The highest BCUT2D eigenvalue weighted by Crippen LogP contribution is 2.23. The highest BCUT2D eigenvalue weighted by atomic mass is 32.2. The smallest absolute Gasteiger partial charge is 0.266 e. The topological polar surface area (TPSA) is 79.4 Å². The van der Waals surface area contributed by atoms with Crippen LogP contribution in [0.1, 0.15) is 5.56 Å². The first-order valence-electron chi connectivity index (χ1n) is 8.41. The largest absolute Gasteiger partial charge is 0.325 e. The predicted molar refractivity (Wildman–Crippen MR) is 105 cm³/mol. The van der Waals surface area contributed by atoms with Gasteiger partial charge in [-0.05, 0) is 55.5 Å². The number of benzene rings is 2. The van der Waals surface area contributed by atoms with Gasteiger partial charge in [0, 0.05) is 18.1 Å². The van der Waals surface area contributed by atoms with Crippen molar-refractivity contribution in [2.24, 2.45) is 0 Å². The molecular formula is C20H18FN3O3S. The molecule has 28 heavy (non-hydrogen) atoms. The van der Waals surface area contributed by atoms with Crippen molar-refractivity contribution < 1.29 is 17.6 Å². The number of carbonyl (C=O) groups is 1. The third-order valence-electron chi connectivity index (χ3n) is 3.96. The monoisotopic (exact) mass is 399 g/mol. The zero-order valence-corrected chi connectivity index (χ0v) is 15.9. The highest BCUT2D eigenvalue weighted by Gasteiger charge is 2.27. The highest BCUT2D eigenvalue weighted by molar-refractivity contribution is 7.92. The van der Waals surface area contributed by atoms with Crippen molar-refractivity contribution in [2.45, 2.75) is 11.8 Å². The van der Waals surface area contributed by atoms with Crippen molar-refractivity contribution in [1.29, 1.82) is 0 Å². The van der Waals surface area contributed by atoms with Crippen LogP contribution in [0.5, 0.6) is 0 Å². The molecule has 1 N–H and O–H groups in total. The van der Waals surface area contributed by atoms with Crippen LogP contribution in [0.4, 0.5) is 15.8 Å². The van der Waals surface area contributed by atoms with Gasteiger partial charge in [0.05, 0.1) is 5.69 Å². The first kappa shape index (κ1) is 19.5. The minimum Gasteiger partial charge on any atom is -0.325 e. The molecule has 1 aromatic heterocycles. The SMILES string of the molecule is Cc1ccc(N(CC(=O)Nc2ccc(F)cc2)S(=O)(=O)c2cccnc2)cc1. The molecule has 2 aromatic carbocycles. The third-order valence-corrected chi connectivity index (χ3v) is 5.72. The molecule has 6 nitrogen and oxygen atoms in total. The molecule has 144 valence electrons. The zero-order chi connectivity index (χ0) is 20.1. The van der Waals surface area contributed by atoms with Crippen molar-refractivity contribution in [3.63, 3.8) is 0 Å². The van der Waals surface area contributed by atoms with Crippen LogP contribution in [0.25, 0.3) is 0 Å². The first-order chi connectivity index (χ1) is 13.4. The fourth-order valence-electron chi connectivity index (χ4n) is 2.52. The summed E-state index contributed by atoms with van der Waals surface area (Å²) >= 11 is 0. The third kappa shape index (κ3) is 4.52. The number of aryl methyl sites for hydroxylation is 1.